The third-order valence-electron chi connectivity index (χ3n) is 3.91. The molecule has 3 heterocycles. The SMILES string of the molecule is Cc1nc2ccc3c(=O)c(C)c(C)[nH]c3n2c(=O)c1C. The number of nitrogens with one attached hydrogen (secondary N) is 1. The van der Waals surface area contributed by atoms with Crippen LogP contribution in [-0.4, -0.2) is 14.4 Å². The number of hydrogen-bond acceptors (Lipinski definition) is 3. The van der Waals surface area contributed by atoms with Gasteiger partial charge in [-0.1, -0.05) is 0 Å². The Morgan fingerprint density at radius 2 is 1.75 bits per heavy atom. The van der Waals surface area contributed by atoms with Crippen molar-refractivity contribution in [2.24, 2.45) is 0 Å². The minimum Gasteiger partial charge on any atom is -0.344 e. The molecule has 0 radical (unpaired) electrons. The van der Waals surface area contributed by atoms with Gasteiger partial charge in [-0.05, 0) is 39.8 Å². The highest BCUT2D eigenvalue weighted by Crippen LogP contribution is 2.13. The first kappa shape index (κ1) is 12.6. The molecular formula is C15H15N3O2. The fraction of sp³-hybridized carbons (Fsp3) is 0.267. The number of rotatable bonds is 0. The van der Waals surface area contributed by atoms with Gasteiger partial charge >= 0.3 is 0 Å². The molecule has 102 valence electrons. The molecule has 0 aliphatic rings. The van der Waals surface area contributed by atoms with Gasteiger partial charge in [-0.3, -0.25) is 9.59 Å². The first-order valence-electron chi connectivity index (χ1n) is 6.44. The normalized spacial score (nSPS) is 11.4. The van der Waals surface area contributed by atoms with Gasteiger partial charge in [0.05, 0.1) is 5.39 Å². The molecule has 0 unspecified atom stereocenters. The largest absolute Gasteiger partial charge is 0.344 e. The average Bonchev–Trinajstić information content (AvgIpc) is 2.42. The average molecular weight is 269 g/mol. The molecule has 0 atom stereocenters. The van der Waals surface area contributed by atoms with Crippen molar-refractivity contribution in [1.82, 2.24) is 14.4 Å². The van der Waals surface area contributed by atoms with Crippen molar-refractivity contribution in [2.75, 3.05) is 0 Å². The lowest BCUT2D eigenvalue weighted by molar-refractivity contribution is 0.989. The maximum absolute atomic E-state index is 12.5. The fourth-order valence-electron chi connectivity index (χ4n) is 2.37. The van der Waals surface area contributed by atoms with Gasteiger partial charge in [0.25, 0.3) is 5.56 Å². The van der Waals surface area contributed by atoms with E-state index < -0.39 is 0 Å². The molecule has 3 aromatic heterocycles. The van der Waals surface area contributed by atoms with E-state index in [1.807, 2.05) is 13.8 Å². The summed E-state index contributed by atoms with van der Waals surface area (Å²) in [6.45, 7) is 7.16. The van der Waals surface area contributed by atoms with Crippen molar-refractivity contribution in [3.05, 3.63) is 55.2 Å². The maximum Gasteiger partial charge on any atom is 0.262 e. The number of aryl methyl sites for hydroxylation is 2. The van der Waals surface area contributed by atoms with Crippen LogP contribution in [0.25, 0.3) is 16.7 Å². The molecule has 1 N–H and O–H groups in total. The van der Waals surface area contributed by atoms with E-state index in [0.717, 1.165) is 5.69 Å². The highest BCUT2D eigenvalue weighted by molar-refractivity contribution is 5.79. The van der Waals surface area contributed by atoms with Gasteiger partial charge in [-0.15, -0.1) is 0 Å². The molecule has 0 fully saturated rings. The predicted molar refractivity (Wildman–Crippen MR) is 78.5 cm³/mol. The minimum absolute atomic E-state index is 0.0525. The first-order valence-corrected chi connectivity index (χ1v) is 6.44. The van der Waals surface area contributed by atoms with Gasteiger partial charge in [0.2, 0.25) is 0 Å². The third kappa shape index (κ3) is 1.52. The lowest BCUT2D eigenvalue weighted by atomic mass is 10.1. The van der Waals surface area contributed by atoms with E-state index in [0.29, 0.717) is 33.5 Å². The first-order chi connectivity index (χ1) is 9.41. The molecule has 3 aromatic rings. The van der Waals surface area contributed by atoms with Crippen LogP contribution < -0.4 is 11.0 Å². The number of aromatic amines is 1. The molecule has 0 spiro atoms. The van der Waals surface area contributed by atoms with Crippen LogP contribution in [0.15, 0.2) is 21.7 Å². The summed E-state index contributed by atoms with van der Waals surface area (Å²) in [5, 5.41) is 0.507. The molecule has 0 saturated carbocycles. The van der Waals surface area contributed by atoms with E-state index in [1.165, 1.54) is 4.40 Å². The Balaban J connectivity index is 2.71. The van der Waals surface area contributed by atoms with E-state index in [9.17, 15) is 9.59 Å². The van der Waals surface area contributed by atoms with Crippen LogP contribution in [0.1, 0.15) is 22.5 Å². The Labute approximate surface area is 114 Å². The summed E-state index contributed by atoms with van der Waals surface area (Å²) in [6.07, 6.45) is 0. The molecule has 5 heteroatoms. The molecule has 0 aromatic carbocycles. The molecule has 0 aliphatic carbocycles. The summed E-state index contributed by atoms with van der Waals surface area (Å²) in [7, 11) is 0. The Kier molecular flexibility index (Phi) is 2.54. The summed E-state index contributed by atoms with van der Waals surface area (Å²) in [5.74, 6) is 0. The Bertz CT molecular complexity index is 980. The fourth-order valence-corrected chi connectivity index (χ4v) is 2.37. The lowest BCUT2D eigenvalue weighted by Crippen LogP contribution is -2.22. The van der Waals surface area contributed by atoms with E-state index in [4.69, 9.17) is 0 Å². The summed E-state index contributed by atoms with van der Waals surface area (Å²) in [6, 6.07) is 3.43. The van der Waals surface area contributed by atoms with Crippen molar-refractivity contribution in [3.8, 4) is 0 Å². The third-order valence-corrected chi connectivity index (χ3v) is 3.91. The van der Waals surface area contributed by atoms with Crippen LogP contribution in [0.5, 0.6) is 0 Å². The second kappa shape index (κ2) is 4.03. The van der Waals surface area contributed by atoms with Crippen LogP contribution in [0.2, 0.25) is 0 Å². The molecule has 0 aliphatic heterocycles. The monoisotopic (exact) mass is 269 g/mol. The standard InChI is InChI=1S/C15H15N3O2/c1-7-9(3)17-14-11(13(7)19)5-6-12-16-10(4)8(2)15(20)18(12)14/h5-6H,1-4H3,(H,17,19). The number of fused-ring (bicyclic) bond motifs is 3. The molecule has 5 nitrogen and oxygen atoms in total. The highest BCUT2D eigenvalue weighted by Gasteiger charge is 2.12. The Morgan fingerprint density at radius 1 is 1.05 bits per heavy atom. The minimum atomic E-state index is -0.142. The molecule has 0 bridgehead atoms. The van der Waals surface area contributed by atoms with Gasteiger partial charge < -0.3 is 4.98 Å². The highest BCUT2D eigenvalue weighted by atomic mass is 16.1. The van der Waals surface area contributed by atoms with Gasteiger partial charge in [0.15, 0.2) is 5.43 Å². The molecule has 0 amide bonds. The maximum atomic E-state index is 12.5. The van der Waals surface area contributed by atoms with Crippen molar-refractivity contribution in [3.63, 3.8) is 0 Å². The summed E-state index contributed by atoms with van der Waals surface area (Å²) >= 11 is 0. The van der Waals surface area contributed by atoms with Crippen molar-refractivity contribution in [1.29, 1.82) is 0 Å². The van der Waals surface area contributed by atoms with Crippen LogP contribution in [0.4, 0.5) is 0 Å². The van der Waals surface area contributed by atoms with Gasteiger partial charge in [0.1, 0.15) is 11.3 Å². The number of pyridine rings is 2. The second-order valence-corrected chi connectivity index (χ2v) is 5.12. The number of nitrogens with zero attached hydrogens (tertiary/aromatic N) is 2. The second-order valence-electron chi connectivity index (χ2n) is 5.12. The molecular weight excluding hydrogens is 254 g/mol. The van der Waals surface area contributed by atoms with E-state index in [1.54, 1.807) is 26.0 Å². The quantitative estimate of drug-likeness (QED) is 0.632. The molecule has 3 rings (SSSR count). The number of hydrogen-bond donors (Lipinski definition) is 1. The zero-order valence-electron chi connectivity index (χ0n) is 11.9. The smallest absolute Gasteiger partial charge is 0.262 e. The topological polar surface area (TPSA) is 67.2 Å². The van der Waals surface area contributed by atoms with Gasteiger partial charge in [-0.25, -0.2) is 9.38 Å². The predicted octanol–water partition coefficient (Wildman–Crippen LogP) is 1.77. The van der Waals surface area contributed by atoms with Crippen molar-refractivity contribution in [2.45, 2.75) is 27.7 Å². The van der Waals surface area contributed by atoms with Crippen molar-refractivity contribution >= 4 is 16.7 Å². The van der Waals surface area contributed by atoms with Crippen LogP contribution in [0.3, 0.4) is 0 Å². The summed E-state index contributed by atoms with van der Waals surface area (Å²) < 4.78 is 1.48. The number of aromatic nitrogens is 3. The van der Waals surface area contributed by atoms with Crippen LogP contribution in [-0.2, 0) is 0 Å². The van der Waals surface area contributed by atoms with Crippen molar-refractivity contribution < 1.29 is 0 Å². The Morgan fingerprint density at radius 3 is 2.45 bits per heavy atom. The van der Waals surface area contributed by atoms with Gasteiger partial charge in [-0.2, -0.15) is 0 Å². The summed E-state index contributed by atoms with van der Waals surface area (Å²) in [4.78, 5) is 32.3. The van der Waals surface area contributed by atoms with E-state index in [2.05, 4.69) is 9.97 Å². The number of H-pyrrole nitrogens is 1. The van der Waals surface area contributed by atoms with Crippen LogP contribution in [0, 0.1) is 27.7 Å². The zero-order chi connectivity index (χ0) is 14.6. The Hall–Kier alpha value is -2.43. The summed E-state index contributed by atoms with van der Waals surface area (Å²) in [5.41, 5.74) is 3.59. The zero-order valence-corrected chi connectivity index (χ0v) is 11.9. The molecule has 20 heavy (non-hydrogen) atoms. The van der Waals surface area contributed by atoms with E-state index in [-0.39, 0.29) is 11.0 Å². The van der Waals surface area contributed by atoms with Crippen LogP contribution >= 0.6 is 0 Å². The lowest BCUT2D eigenvalue weighted by Gasteiger charge is -2.10. The van der Waals surface area contributed by atoms with E-state index >= 15 is 0 Å². The molecule has 0 saturated heterocycles. The van der Waals surface area contributed by atoms with Gasteiger partial charge in [0, 0.05) is 22.5 Å².